The van der Waals surface area contributed by atoms with E-state index >= 15 is 0 Å². The van der Waals surface area contributed by atoms with Crippen LogP contribution in [0.25, 0.3) is 0 Å². The first kappa shape index (κ1) is 13.5. The fourth-order valence-corrected chi connectivity index (χ4v) is 1.77. The first-order chi connectivity index (χ1) is 7.39. The van der Waals surface area contributed by atoms with Crippen molar-refractivity contribution in [1.29, 1.82) is 0 Å². The van der Waals surface area contributed by atoms with E-state index in [2.05, 4.69) is 31.0 Å². The summed E-state index contributed by atoms with van der Waals surface area (Å²) in [6, 6.07) is -0.0337. The average molecular weight is 227 g/mol. The molecule has 94 valence electrons. The molecule has 0 aromatic rings. The summed E-state index contributed by atoms with van der Waals surface area (Å²) in [5.74, 6) is 0.705. The summed E-state index contributed by atoms with van der Waals surface area (Å²) >= 11 is 0. The van der Waals surface area contributed by atoms with E-state index in [4.69, 9.17) is 5.73 Å². The Morgan fingerprint density at radius 3 is 2.56 bits per heavy atom. The summed E-state index contributed by atoms with van der Waals surface area (Å²) < 4.78 is 0. The smallest absolute Gasteiger partial charge is 0.237 e. The number of nitrogens with one attached hydrogen (secondary N) is 1. The lowest BCUT2D eigenvalue weighted by Gasteiger charge is -2.42. The highest BCUT2D eigenvalue weighted by molar-refractivity contribution is 5.82. The number of likely N-dealkylation sites (tertiary alicyclic amines) is 1. The second-order valence-corrected chi connectivity index (χ2v) is 5.46. The van der Waals surface area contributed by atoms with Gasteiger partial charge in [0.05, 0.1) is 6.04 Å². The fraction of sp³-hybridized carbons (Fsp3) is 0.917. The summed E-state index contributed by atoms with van der Waals surface area (Å²) in [6.45, 7) is 10.8. The third kappa shape index (κ3) is 3.19. The molecule has 4 nitrogen and oxygen atoms in total. The molecule has 1 unspecified atom stereocenters. The van der Waals surface area contributed by atoms with Gasteiger partial charge in [0, 0.05) is 18.6 Å². The number of rotatable bonds is 5. The number of nitrogens with zero attached hydrogens (tertiary/aromatic N) is 1. The predicted molar refractivity (Wildman–Crippen MR) is 66.1 cm³/mol. The van der Waals surface area contributed by atoms with Crippen molar-refractivity contribution in [3.8, 4) is 0 Å². The minimum Gasteiger partial charge on any atom is -0.350 e. The zero-order valence-corrected chi connectivity index (χ0v) is 10.9. The van der Waals surface area contributed by atoms with Crippen molar-refractivity contribution in [3.63, 3.8) is 0 Å². The fourth-order valence-electron chi connectivity index (χ4n) is 1.77. The van der Waals surface area contributed by atoms with Gasteiger partial charge in [0.2, 0.25) is 5.91 Å². The number of nitrogens with two attached hydrogens (primary N) is 1. The summed E-state index contributed by atoms with van der Waals surface area (Å²) in [6.07, 6.45) is 0.941. The Hall–Kier alpha value is -0.610. The highest BCUT2D eigenvalue weighted by Gasteiger charge is 2.33. The van der Waals surface area contributed by atoms with Crippen molar-refractivity contribution in [1.82, 2.24) is 10.2 Å². The quantitative estimate of drug-likeness (QED) is 0.722. The van der Waals surface area contributed by atoms with E-state index < -0.39 is 0 Å². The standard InChI is InChI=1S/C12H25N3O/c1-5-12(3,4)14-11(16)9(2)15-7-10(6-13)8-15/h9-10H,5-8,13H2,1-4H3,(H,14,16). The summed E-state index contributed by atoms with van der Waals surface area (Å²) in [5, 5.41) is 3.08. The number of carbonyl (C=O) groups excluding carboxylic acids is 1. The highest BCUT2D eigenvalue weighted by atomic mass is 16.2. The van der Waals surface area contributed by atoms with Crippen LogP contribution in [0, 0.1) is 5.92 Å². The Labute approximate surface area is 98.6 Å². The second-order valence-electron chi connectivity index (χ2n) is 5.46. The Morgan fingerprint density at radius 1 is 1.56 bits per heavy atom. The van der Waals surface area contributed by atoms with Crippen LogP contribution < -0.4 is 11.1 Å². The minimum absolute atomic E-state index is 0.0337. The predicted octanol–water partition coefficient (Wildman–Crippen LogP) is 0.570. The molecule has 0 saturated carbocycles. The maximum atomic E-state index is 12.0. The topological polar surface area (TPSA) is 58.4 Å². The van der Waals surface area contributed by atoms with E-state index in [0.717, 1.165) is 26.1 Å². The van der Waals surface area contributed by atoms with Crippen LogP contribution in [0.4, 0.5) is 0 Å². The first-order valence-electron chi connectivity index (χ1n) is 6.15. The second kappa shape index (κ2) is 5.15. The Kier molecular flexibility index (Phi) is 4.33. The van der Waals surface area contributed by atoms with Gasteiger partial charge in [-0.1, -0.05) is 6.92 Å². The van der Waals surface area contributed by atoms with E-state index in [0.29, 0.717) is 5.92 Å². The molecule has 0 bridgehead atoms. The van der Waals surface area contributed by atoms with Gasteiger partial charge in [-0.05, 0) is 39.7 Å². The van der Waals surface area contributed by atoms with Crippen LogP contribution in [0.1, 0.15) is 34.1 Å². The molecule has 0 aliphatic carbocycles. The lowest BCUT2D eigenvalue weighted by atomic mass is 9.97. The van der Waals surface area contributed by atoms with Gasteiger partial charge in [-0.3, -0.25) is 9.69 Å². The van der Waals surface area contributed by atoms with Gasteiger partial charge in [0.15, 0.2) is 0 Å². The molecule has 0 spiro atoms. The zero-order valence-electron chi connectivity index (χ0n) is 10.9. The molecule has 1 aliphatic rings. The van der Waals surface area contributed by atoms with Crippen LogP contribution in [-0.4, -0.2) is 42.0 Å². The van der Waals surface area contributed by atoms with Crippen LogP contribution in [0.5, 0.6) is 0 Å². The lowest BCUT2D eigenvalue weighted by Crippen LogP contribution is -2.59. The molecule has 1 atom stereocenters. The van der Waals surface area contributed by atoms with Crippen molar-refractivity contribution < 1.29 is 4.79 Å². The maximum Gasteiger partial charge on any atom is 0.237 e. The van der Waals surface area contributed by atoms with Gasteiger partial charge >= 0.3 is 0 Å². The van der Waals surface area contributed by atoms with Gasteiger partial charge in [-0.15, -0.1) is 0 Å². The Balaban J connectivity index is 2.38. The molecule has 0 aromatic carbocycles. The van der Waals surface area contributed by atoms with Gasteiger partial charge in [-0.25, -0.2) is 0 Å². The van der Waals surface area contributed by atoms with Crippen molar-refractivity contribution in [2.24, 2.45) is 11.7 Å². The van der Waals surface area contributed by atoms with Crippen molar-refractivity contribution in [2.75, 3.05) is 19.6 Å². The molecule has 3 N–H and O–H groups in total. The van der Waals surface area contributed by atoms with Gasteiger partial charge in [0.1, 0.15) is 0 Å². The molecular weight excluding hydrogens is 202 g/mol. The molecule has 1 amide bonds. The zero-order chi connectivity index (χ0) is 12.3. The highest BCUT2D eigenvalue weighted by Crippen LogP contribution is 2.18. The average Bonchev–Trinajstić information content (AvgIpc) is 2.15. The van der Waals surface area contributed by atoms with Crippen LogP contribution >= 0.6 is 0 Å². The first-order valence-corrected chi connectivity index (χ1v) is 6.15. The van der Waals surface area contributed by atoms with E-state index in [-0.39, 0.29) is 17.5 Å². The normalized spacial score (nSPS) is 20.3. The Morgan fingerprint density at radius 2 is 2.12 bits per heavy atom. The van der Waals surface area contributed by atoms with Gasteiger partial charge in [-0.2, -0.15) is 0 Å². The molecule has 1 rings (SSSR count). The number of carbonyl (C=O) groups is 1. The molecule has 16 heavy (non-hydrogen) atoms. The monoisotopic (exact) mass is 227 g/mol. The summed E-state index contributed by atoms with van der Waals surface area (Å²) in [4.78, 5) is 14.1. The summed E-state index contributed by atoms with van der Waals surface area (Å²) in [7, 11) is 0. The van der Waals surface area contributed by atoms with Crippen LogP contribution in [0.3, 0.4) is 0 Å². The molecule has 1 heterocycles. The van der Waals surface area contributed by atoms with Crippen LogP contribution in [-0.2, 0) is 4.79 Å². The number of hydrogen-bond donors (Lipinski definition) is 2. The van der Waals surface area contributed by atoms with E-state index in [1.54, 1.807) is 0 Å². The van der Waals surface area contributed by atoms with Gasteiger partial charge < -0.3 is 11.1 Å². The number of hydrogen-bond acceptors (Lipinski definition) is 3. The maximum absolute atomic E-state index is 12.0. The number of amides is 1. The SMILES string of the molecule is CCC(C)(C)NC(=O)C(C)N1CC(CN)C1. The van der Waals surface area contributed by atoms with Crippen molar-refractivity contribution >= 4 is 5.91 Å². The third-order valence-electron chi connectivity index (χ3n) is 3.59. The molecule has 0 radical (unpaired) electrons. The molecule has 0 aromatic heterocycles. The molecule has 1 saturated heterocycles. The van der Waals surface area contributed by atoms with Crippen molar-refractivity contribution in [3.05, 3.63) is 0 Å². The van der Waals surface area contributed by atoms with Crippen LogP contribution in [0.15, 0.2) is 0 Å². The minimum atomic E-state index is -0.108. The van der Waals surface area contributed by atoms with E-state index in [9.17, 15) is 4.79 Å². The van der Waals surface area contributed by atoms with Gasteiger partial charge in [0.25, 0.3) is 0 Å². The van der Waals surface area contributed by atoms with E-state index in [1.807, 2.05) is 6.92 Å². The Bertz CT molecular complexity index is 247. The van der Waals surface area contributed by atoms with Crippen LogP contribution in [0.2, 0.25) is 0 Å². The van der Waals surface area contributed by atoms with Crippen molar-refractivity contribution in [2.45, 2.75) is 45.7 Å². The summed E-state index contributed by atoms with van der Waals surface area (Å²) in [5.41, 5.74) is 5.46. The molecule has 4 heteroatoms. The molecular formula is C12H25N3O. The third-order valence-corrected chi connectivity index (χ3v) is 3.59. The molecule has 1 fully saturated rings. The molecule has 1 aliphatic heterocycles. The van der Waals surface area contributed by atoms with E-state index in [1.165, 1.54) is 0 Å². The lowest BCUT2D eigenvalue weighted by molar-refractivity contribution is -0.130. The largest absolute Gasteiger partial charge is 0.350 e.